The number of carbonyl (C=O) groups excluding carboxylic acids is 2. The molecule has 16 nitrogen and oxygen atoms in total. The molecule has 0 aromatic carbocycles. The summed E-state index contributed by atoms with van der Waals surface area (Å²) in [7, 11) is 0. The van der Waals surface area contributed by atoms with Gasteiger partial charge in [0.05, 0.1) is 0 Å². The molecule has 0 aliphatic carbocycles. The van der Waals surface area contributed by atoms with Crippen molar-refractivity contribution in [3.63, 3.8) is 0 Å². The first-order valence-corrected chi connectivity index (χ1v) is 12.1. The number of likely N-dealkylation sites (tertiary alicyclic amines) is 1. The van der Waals surface area contributed by atoms with Gasteiger partial charge in [-0.25, -0.2) is 0 Å². The molecule has 1 unspecified atom stereocenters. The molecular weight excluding hydrogens is 544 g/mol. The number of Topliss-reactive ketones (excluding diaryl/α,β-unsaturated/α-hetero) is 1. The van der Waals surface area contributed by atoms with E-state index in [1.807, 2.05) is 19.9 Å². The van der Waals surface area contributed by atoms with Crippen LogP contribution < -0.4 is 5.32 Å². The molecule has 0 aromatic heterocycles. The summed E-state index contributed by atoms with van der Waals surface area (Å²) >= 11 is 0. The summed E-state index contributed by atoms with van der Waals surface area (Å²) < 4.78 is 0. The van der Waals surface area contributed by atoms with E-state index < -0.39 is 31.0 Å². The van der Waals surface area contributed by atoms with Crippen LogP contribution in [-0.2, 0) is 9.59 Å². The average molecular weight is 583 g/mol. The molecule has 224 valence electrons. The maximum atomic E-state index is 11.2. The van der Waals surface area contributed by atoms with Gasteiger partial charge in [0.25, 0.3) is 0 Å². The maximum Gasteiger partial charge on any atom is 0.482 e. The quantitative estimate of drug-likeness (QED) is 0.151. The molecule has 2 heterocycles. The highest BCUT2D eigenvalue weighted by Gasteiger charge is 2.67. The van der Waals surface area contributed by atoms with Crippen molar-refractivity contribution < 1.29 is 29.3 Å². The van der Waals surface area contributed by atoms with Gasteiger partial charge in [0.15, 0.2) is 5.78 Å². The van der Waals surface area contributed by atoms with Crippen molar-refractivity contribution in [3.05, 3.63) is 52.6 Å². The largest absolute Gasteiger partial charge is 0.482 e. The van der Waals surface area contributed by atoms with E-state index >= 15 is 0 Å². The number of halogens is 1. The molecule has 2 saturated heterocycles. The molecule has 2 rings (SSSR count). The smallest absolute Gasteiger partial charge is 0.300 e. The highest BCUT2D eigenvalue weighted by atomic mass is 35.5. The van der Waals surface area contributed by atoms with Gasteiger partial charge in [0.2, 0.25) is 0 Å². The molecule has 2 aliphatic rings. The lowest BCUT2D eigenvalue weighted by Gasteiger charge is -2.41. The van der Waals surface area contributed by atoms with Gasteiger partial charge in [-0.3, -0.25) is 60.3 Å². The van der Waals surface area contributed by atoms with Crippen LogP contribution in [-0.4, -0.2) is 79.7 Å². The van der Waals surface area contributed by atoms with Crippen LogP contribution in [0.3, 0.4) is 0 Å². The monoisotopic (exact) mass is 582 g/mol. The number of ketones is 2. The van der Waals surface area contributed by atoms with Crippen LogP contribution in [0.15, 0.2) is 12.2 Å². The lowest BCUT2D eigenvalue weighted by Crippen LogP contribution is -2.72. The van der Waals surface area contributed by atoms with E-state index in [0.29, 0.717) is 18.3 Å². The van der Waals surface area contributed by atoms with Crippen molar-refractivity contribution in [3.8, 4) is 0 Å². The number of nitrogens with zero attached hydrogens (tertiary/aromatic N) is 5. The van der Waals surface area contributed by atoms with E-state index in [-0.39, 0.29) is 62.6 Å². The van der Waals surface area contributed by atoms with Crippen molar-refractivity contribution in [2.24, 2.45) is 11.8 Å². The summed E-state index contributed by atoms with van der Waals surface area (Å²) in [5, 5.41) is 44.3. The first-order valence-electron chi connectivity index (χ1n) is 12.1. The van der Waals surface area contributed by atoms with Gasteiger partial charge in [0, 0.05) is 12.5 Å². The molecule has 17 heteroatoms. The third kappa shape index (κ3) is 11.7. The Morgan fingerprint density at radius 2 is 1.28 bits per heavy atom. The predicted octanol–water partition coefficient (Wildman–Crippen LogP) is 2.38. The number of hydrogen-bond acceptors (Lipinski definition) is 12. The predicted molar refractivity (Wildman–Crippen MR) is 143 cm³/mol. The van der Waals surface area contributed by atoms with E-state index in [1.165, 1.54) is 6.92 Å². The molecule has 0 saturated carbocycles. The minimum absolute atomic E-state index is 0. The minimum Gasteiger partial charge on any atom is -0.300 e. The Balaban J connectivity index is 0. The minimum atomic E-state index is -2.09. The van der Waals surface area contributed by atoms with E-state index in [1.54, 1.807) is 17.9 Å². The Morgan fingerprint density at radius 1 is 0.846 bits per heavy atom. The fourth-order valence-corrected chi connectivity index (χ4v) is 3.58. The van der Waals surface area contributed by atoms with E-state index in [4.69, 9.17) is 0 Å². The molecule has 0 aromatic rings. The summed E-state index contributed by atoms with van der Waals surface area (Å²) in [6.07, 6.45) is 5.53. The Hall–Kier alpha value is -3.11. The van der Waals surface area contributed by atoms with Crippen molar-refractivity contribution in [2.75, 3.05) is 26.2 Å². The zero-order valence-electron chi connectivity index (χ0n) is 23.1. The number of carbonyl (C=O) groups is 2. The molecule has 1 atom stereocenters. The van der Waals surface area contributed by atoms with Gasteiger partial charge in [-0.15, -0.1) is 12.4 Å². The molecule has 2 aliphatic heterocycles. The van der Waals surface area contributed by atoms with Crippen LogP contribution in [0.5, 0.6) is 0 Å². The zero-order chi connectivity index (χ0) is 29.8. The van der Waals surface area contributed by atoms with Crippen molar-refractivity contribution in [2.45, 2.75) is 78.2 Å². The van der Waals surface area contributed by atoms with Crippen LogP contribution in [0.2, 0.25) is 0 Å². The first-order chi connectivity index (χ1) is 17.4. The molecule has 0 amide bonds. The molecule has 1 N–H and O–H groups in total. The Labute approximate surface area is 232 Å². The molecule has 0 bridgehead atoms. The number of nitro groups is 4. The number of rotatable bonds is 12. The number of allylic oxidation sites excluding steroid dienone is 2. The third-order valence-corrected chi connectivity index (χ3v) is 5.83. The second-order valence-corrected chi connectivity index (χ2v) is 10.3. The average Bonchev–Trinajstić information content (AvgIpc) is 2.64. The summed E-state index contributed by atoms with van der Waals surface area (Å²) in [5.41, 5.74) is -4.04. The lowest BCUT2D eigenvalue weighted by atomic mass is 9.91. The van der Waals surface area contributed by atoms with Gasteiger partial charge in [-0.1, -0.05) is 33.8 Å². The van der Waals surface area contributed by atoms with Gasteiger partial charge >= 0.3 is 11.3 Å². The van der Waals surface area contributed by atoms with Crippen LogP contribution in [0.1, 0.15) is 60.8 Å². The molecule has 39 heavy (non-hydrogen) atoms. The van der Waals surface area contributed by atoms with Crippen LogP contribution in [0.25, 0.3) is 0 Å². The van der Waals surface area contributed by atoms with Crippen molar-refractivity contribution >= 4 is 24.0 Å². The Bertz CT molecular complexity index is 885. The van der Waals surface area contributed by atoms with Crippen LogP contribution in [0.4, 0.5) is 0 Å². The molecule has 0 radical (unpaired) electrons. The van der Waals surface area contributed by atoms with Gasteiger partial charge in [-0.2, -0.15) is 0 Å². The fourth-order valence-electron chi connectivity index (χ4n) is 3.58. The fraction of sp³-hybridized carbons (Fsp3) is 0.818. The molecule has 2 fully saturated rings. The van der Waals surface area contributed by atoms with Gasteiger partial charge in [-0.05, 0) is 44.6 Å². The Morgan fingerprint density at radius 3 is 1.51 bits per heavy atom. The van der Waals surface area contributed by atoms with E-state index in [0.717, 1.165) is 6.42 Å². The molecule has 0 spiro atoms. The Kier molecular flexibility index (Phi) is 16.4. The van der Waals surface area contributed by atoms with Crippen LogP contribution in [0, 0.1) is 52.3 Å². The summed E-state index contributed by atoms with van der Waals surface area (Å²) in [5.74, 6) is 1.10. The van der Waals surface area contributed by atoms with Crippen LogP contribution >= 0.6 is 12.4 Å². The number of nitrogens with one attached hydrogen (secondary N) is 1. The number of hydrogen-bond donors (Lipinski definition) is 1. The van der Waals surface area contributed by atoms with E-state index in [2.05, 4.69) is 19.2 Å². The second-order valence-electron chi connectivity index (χ2n) is 10.3. The third-order valence-electron chi connectivity index (χ3n) is 5.83. The van der Waals surface area contributed by atoms with E-state index in [9.17, 15) is 50.0 Å². The topological polar surface area (TPSA) is 222 Å². The highest BCUT2D eigenvalue weighted by molar-refractivity contribution is 5.87. The second kappa shape index (κ2) is 16.8. The van der Waals surface area contributed by atoms with Gasteiger partial charge in [0.1, 0.15) is 51.7 Å². The first kappa shape index (κ1) is 38.0. The maximum absolute atomic E-state index is 11.2. The zero-order valence-corrected chi connectivity index (χ0v) is 23.9. The summed E-state index contributed by atoms with van der Waals surface area (Å²) in [6.45, 7) is 10.5. The normalized spacial score (nSPS) is 17.6. The van der Waals surface area contributed by atoms with Crippen molar-refractivity contribution in [1.82, 2.24) is 10.2 Å². The highest BCUT2D eigenvalue weighted by Crippen LogP contribution is 2.30. The van der Waals surface area contributed by atoms with Gasteiger partial charge < -0.3 is 0 Å². The summed E-state index contributed by atoms with van der Waals surface area (Å²) in [6, 6.07) is -0.148. The summed E-state index contributed by atoms with van der Waals surface area (Å²) in [4.78, 5) is 61.6. The SMILES string of the molecule is CC(=O)/C=C/CC(C)C.CC(=O)CC(CC(C)C)N1CC([N+](=O)[O-])([N+](=O)[O-])C1.Cl.O=[N+]([O-])C1([N+](=O)[O-])CNC1. The lowest BCUT2D eigenvalue weighted by molar-refractivity contribution is -0.811. The standard InChI is InChI=1S/C11H19N3O5.C8H14O.C3H5N3O4.ClH/c1-8(2)4-10(5-9(3)15)12-6-11(7-12,13(16)17)14(18)19;1-7(2)5-4-6-8(3)9;7-5(8)3(6(9)10)1-4-2-3;/h8,10H,4-7H2,1-3H3;4,6-7H,5H2,1-3H3;4H,1-2H2;1H/b;6-4+;;. The van der Waals surface area contributed by atoms with Crippen molar-refractivity contribution in [1.29, 1.82) is 0 Å². The molecular formula is C22H39ClN6O10.